The van der Waals surface area contributed by atoms with Gasteiger partial charge < -0.3 is 15.4 Å². The summed E-state index contributed by atoms with van der Waals surface area (Å²) in [5.74, 6) is 0.0897. The van der Waals surface area contributed by atoms with Crippen molar-refractivity contribution in [2.75, 3.05) is 19.7 Å². The monoisotopic (exact) mass is 414 g/mol. The highest BCUT2D eigenvalue weighted by Crippen LogP contribution is 2.44. The average Bonchev–Trinajstić information content (AvgIpc) is 3.37. The number of carbonyl (C=O) groups excluding carboxylic acids is 1. The van der Waals surface area contributed by atoms with Crippen LogP contribution in [0.1, 0.15) is 70.2 Å². The van der Waals surface area contributed by atoms with Crippen molar-refractivity contribution >= 4 is 17.2 Å². The summed E-state index contributed by atoms with van der Waals surface area (Å²) in [5.41, 5.74) is 2.37. The minimum Gasteiger partial charge on any atom is -0.369 e. The van der Waals surface area contributed by atoms with Crippen LogP contribution in [0.15, 0.2) is 18.5 Å². The molecule has 2 N–H and O–H groups in total. The number of carbonyl (C=O) groups is 1. The van der Waals surface area contributed by atoms with E-state index in [1.54, 1.807) is 11.3 Å². The predicted octanol–water partition coefficient (Wildman–Crippen LogP) is 3.32. The Morgan fingerprint density at radius 3 is 2.83 bits per heavy atom. The fourth-order valence-electron chi connectivity index (χ4n) is 5.11. The maximum absolute atomic E-state index is 13.0. The van der Waals surface area contributed by atoms with Gasteiger partial charge in [-0.25, -0.2) is 0 Å². The predicted molar refractivity (Wildman–Crippen MR) is 113 cm³/mol. The first-order valence-corrected chi connectivity index (χ1v) is 11.7. The molecule has 0 unspecified atom stereocenters. The lowest BCUT2D eigenvalue weighted by atomic mass is 9.86. The molecule has 1 aliphatic carbocycles. The minimum absolute atomic E-state index is 0.0897. The molecule has 4 heterocycles. The Bertz CT molecular complexity index is 875. The number of amides is 1. The summed E-state index contributed by atoms with van der Waals surface area (Å²) < 4.78 is 8.36. The molecule has 2 fully saturated rings. The Morgan fingerprint density at radius 2 is 2.10 bits per heavy atom. The highest BCUT2D eigenvalue weighted by atomic mass is 32.1. The van der Waals surface area contributed by atoms with Gasteiger partial charge in [-0.05, 0) is 82.2 Å². The van der Waals surface area contributed by atoms with Crippen LogP contribution in [0, 0.1) is 6.92 Å². The molecule has 0 atom stereocenters. The first-order chi connectivity index (χ1) is 14.1. The molecule has 1 saturated heterocycles. The molecular formula is C22H30N4O2S. The molecule has 5 rings (SSSR count). The first kappa shape index (κ1) is 19.3. The van der Waals surface area contributed by atoms with Crippen molar-refractivity contribution in [2.45, 2.75) is 69.6 Å². The van der Waals surface area contributed by atoms with E-state index in [0.29, 0.717) is 6.04 Å². The fraction of sp³-hybridized carbons (Fsp3) is 0.636. The van der Waals surface area contributed by atoms with Gasteiger partial charge in [0.2, 0.25) is 0 Å². The summed E-state index contributed by atoms with van der Waals surface area (Å²) in [6.07, 6.45) is 11.1. The van der Waals surface area contributed by atoms with Gasteiger partial charge in [-0.15, -0.1) is 11.3 Å². The molecule has 2 aliphatic heterocycles. The number of hydrogen-bond acceptors (Lipinski definition) is 5. The summed E-state index contributed by atoms with van der Waals surface area (Å²) in [6, 6.07) is 2.85. The molecule has 0 bridgehead atoms. The van der Waals surface area contributed by atoms with Crippen LogP contribution in [-0.4, -0.2) is 41.4 Å². The van der Waals surface area contributed by atoms with Gasteiger partial charge in [-0.3, -0.25) is 9.48 Å². The Labute approximate surface area is 176 Å². The lowest BCUT2D eigenvalue weighted by molar-refractivity contribution is -0.0771. The topological polar surface area (TPSA) is 68.2 Å². The molecule has 0 aromatic carbocycles. The lowest BCUT2D eigenvalue weighted by Crippen LogP contribution is -2.44. The van der Waals surface area contributed by atoms with Crippen LogP contribution >= 0.6 is 11.3 Å². The number of ether oxygens (including phenoxy) is 1. The van der Waals surface area contributed by atoms with E-state index in [-0.39, 0.29) is 17.6 Å². The summed E-state index contributed by atoms with van der Waals surface area (Å²) in [5, 5.41) is 11.2. The van der Waals surface area contributed by atoms with Crippen molar-refractivity contribution in [1.82, 2.24) is 20.4 Å². The molecule has 156 valence electrons. The van der Waals surface area contributed by atoms with Crippen molar-refractivity contribution in [1.29, 1.82) is 0 Å². The van der Waals surface area contributed by atoms with Crippen LogP contribution in [0.4, 0.5) is 0 Å². The van der Waals surface area contributed by atoms with E-state index in [0.717, 1.165) is 69.5 Å². The van der Waals surface area contributed by atoms with Crippen molar-refractivity contribution in [3.05, 3.63) is 39.3 Å². The zero-order chi connectivity index (χ0) is 19.8. The molecule has 2 aromatic rings. The summed E-state index contributed by atoms with van der Waals surface area (Å²) >= 11 is 1.66. The van der Waals surface area contributed by atoms with Gasteiger partial charge in [-0.2, -0.15) is 5.10 Å². The van der Waals surface area contributed by atoms with Crippen molar-refractivity contribution in [3.8, 4) is 0 Å². The zero-order valence-corrected chi connectivity index (χ0v) is 17.9. The fourth-order valence-corrected chi connectivity index (χ4v) is 6.42. The largest absolute Gasteiger partial charge is 0.369 e. The third-order valence-corrected chi connectivity index (χ3v) is 8.11. The Kier molecular flexibility index (Phi) is 5.22. The molecule has 7 heteroatoms. The lowest BCUT2D eigenvalue weighted by Gasteiger charge is -2.40. The van der Waals surface area contributed by atoms with Crippen LogP contribution < -0.4 is 10.6 Å². The second kappa shape index (κ2) is 7.85. The Hall–Kier alpha value is -1.70. The van der Waals surface area contributed by atoms with Crippen LogP contribution in [0.3, 0.4) is 0 Å². The van der Waals surface area contributed by atoms with Crippen LogP contribution in [-0.2, 0) is 16.8 Å². The standard InChI is InChI=1S/C22H30N4O2S/c1-15-13-24-26(14-15)18-4-2-17(3-5-18)25-21(27)19-12-16-6-11-28-22(20(16)29-19)7-9-23-10-8-22/h12-14,17-18,23H,2-11H2,1H3,(H,25,27). The molecule has 1 saturated carbocycles. The number of thiophene rings is 1. The maximum atomic E-state index is 13.0. The number of aromatic nitrogens is 2. The summed E-state index contributed by atoms with van der Waals surface area (Å²) in [6.45, 7) is 4.81. The van der Waals surface area contributed by atoms with E-state index in [4.69, 9.17) is 4.74 Å². The molecule has 0 radical (unpaired) electrons. The third-order valence-electron chi connectivity index (χ3n) is 6.74. The SMILES string of the molecule is Cc1cnn(C2CCC(NC(=O)c3cc4c(s3)C3(CCNCC3)OCC4)CC2)c1. The highest BCUT2D eigenvalue weighted by molar-refractivity contribution is 7.14. The van der Waals surface area contributed by atoms with Gasteiger partial charge >= 0.3 is 0 Å². The maximum Gasteiger partial charge on any atom is 0.261 e. The van der Waals surface area contributed by atoms with E-state index < -0.39 is 0 Å². The highest BCUT2D eigenvalue weighted by Gasteiger charge is 2.41. The van der Waals surface area contributed by atoms with Crippen LogP contribution in [0.5, 0.6) is 0 Å². The van der Waals surface area contributed by atoms with Crippen molar-refractivity contribution in [3.63, 3.8) is 0 Å². The normalized spacial score (nSPS) is 26.2. The molecule has 2 aromatic heterocycles. The molecule has 6 nitrogen and oxygen atoms in total. The van der Waals surface area contributed by atoms with E-state index in [9.17, 15) is 4.79 Å². The zero-order valence-electron chi connectivity index (χ0n) is 17.1. The third kappa shape index (κ3) is 3.76. The molecule has 1 spiro atoms. The smallest absolute Gasteiger partial charge is 0.261 e. The number of rotatable bonds is 3. The second-order valence-electron chi connectivity index (χ2n) is 8.78. The van der Waals surface area contributed by atoms with Crippen LogP contribution in [0.2, 0.25) is 0 Å². The minimum atomic E-state index is -0.165. The number of piperidine rings is 1. The van der Waals surface area contributed by atoms with Gasteiger partial charge in [0.15, 0.2) is 0 Å². The molecule has 1 amide bonds. The Morgan fingerprint density at radius 1 is 1.31 bits per heavy atom. The number of hydrogen-bond donors (Lipinski definition) is 2. The van der Waals surface area contributed by atoms with E-state index in [1.807, 2.05) is 6.20 Å². The van der Waals surface area contributed by atoms with Gasteiger partial charge in [-0.1, -0.05) is 0 Å². The average molecular weight is 415 g/mol. The summed E-state index contributed by atoms with van der Waals surface area (Å²) in [4.78, 5) is 15.1. The molecule has 3 aliphatic rings. The summed E-state index contributed by atoms with van der Waals surface area (Å²) in [7, 11) is 0. The van der Waals surface area contributed by atoms with E-state index in [1.165, 1.54) is 16.0 Å². The van der Waals surface area contributed by atoms with Gasteiger partial charge in [0.05, 0.1) is 23.7 Å². The molecular weight excluding hydrogens is 384 g/mol. The number of aryl methyl sites for hydroxylation is 1. The van der Waals surface area contributed by atoms with Crippen molar-refractivity contribution < 1.29 is 9.53 Å². The molecule has 29 heavy (non-hydrogen) atoms. The van der Waals surface area contributed by atoms with Gasteiger partial charge in [0.1, 0.15) is 5.60 Å². The number of fused-ring (bicyclic) bond motifs is 2. The number of nitrogens with zero attached hydrogens (tertiary/aromatic N) is 2. The van der Waals surface area contributed by atoms with E-state index in [2.05, 4.69) is 39.6 Å². The quantitative estimate of drug-likeness (QED) is 0.809. The van der Waals surface area contributed by atoms with Crippen LogP contribution in [0.25, 0.3) is 0 Å². The first-order valence-electron chi connectivity index (χ1n) is 10.9. The van der Waals surface area contributed by atoms with Crippen molar-refractivity contribution in [2.24, 2.45) is 0 Å². The Balaban J connectivity index is 1.23. The number of nitrogens with one attached hydrogen (secondary N) is 2. The second-order valence-corrected chi connectivity index (χ2v) is 9.84. The van der Waals surface area contributed by atoms with Gasteiger partial charge in [0, 0.05) is 17.1 Å². The van der Waals surface area contributed by atoms with Gasteiger partial charge in [0.25, 0.3) is 5.91 Å². The van der Waals surface area contributed by atoms with E-state index >= 15 is 0 Å².